The molecule has 1 aromatic carbocycles. The fourth-order valence-electron chi connectivity index (χ4n) is 3.72. The molecule has 0 aromatic heterocycles. The van der Waals surface area contributed by atoms with Crippen LogP contribution < -0.4 is 10.2 Å². The van der Waals surface area contributed by atoms with Gasteiger partial charge in [-0.3, -0.25) is 9.69 Å². The molecular weight excluding hydrogens is 376 g/mol. The molecule has 1 atom stereocenters. The second-order valence-corrected chi connectivity index (χ2v) is 9.84. The van der Waals surface area contributed by atoms with E-state index < -0.39 is 9.84 Å². The highest BCUT2D eigenvalue weighted by atomic mass is 32.2. The monoisotopic (exact) mass is 406 g/mol. The van der Waals surface area contributed by atoms with Crippen LogP contribution in [0.5, 0.6) is 0 Å². The number of benzene rings is 1. The molecule has 2 aliphatic heterocycles. The smallest absolute Gasteiger partial charge is 0.241 e. The SMILES string of the molecule is C[C@@H]1CN(CC(=O)N2CCc3ccc(S(=O)(=O)CC=CN(C)C)cc32)CCN1. The van der Waals surface area contributed by atoms with Crippen molar-refractivity contribution in [2.75, 3.05) is 57.5 Å². The third-order valence-corrected chi connectivity index (χ3v) is 6.75. The maximum Gasteiger partial charge on any atom is 0.241 e. The Morgan fingerprint density at radius 1 is 1.32 bits per heavy atom. The van der Waals surface area contributed by atoms with Crippen molar-refractivity contribution in [2.24, 2.45) is 0 Å². The Kier molecular flexibility index (Phi) is 6.42. The summed E-state index contributed by atoms with van der Waals surface area (Å²) < 4.78 is 25.3. The summed E-state index contributed by atoms with van der Waals surface area (Å²) in [7, 11) is 0.265. The van der Waals surface area contributed by atoms with Crippen molar-refractivity contribution in [3.8, 4) is 0 Å². The van der Waals surface area contributed by atoms with E-state index in [9.17, 15) is 13.2 Å². The lowest BCUT2D eigenvalue weighted by atomic mass is 10.2. The van der Waals surface area contributed by atoms with Gasteiger partial charge in [-0.1, -0.05) is 12.1 Å². The fourth-order valence-corrected chi connectivity index (χ4v) is 4.82. The molecule has 3 rings (SSSR count). The molecule has 1 N–H and O–H groups in total. The number of sulfone groups is 1. The van der Waals surface area contributed by atoms with Gasteiger partial charge in [0.2, 0.25) is 5.91 Å². The van der Waals surface area contributed by atoms with Crippen molar-refractivity contribution >= 4 is 21.4 Å². The zero-order valence-corrected chi connectivity index (χ0v) is 17.7. The number of carbonyl (C=O) groups excluding carboxylic acids is 1. The molecule has 7 nitrogen and oxygen atoms in total. The number of nitrogens with zero attached hydrogens (tertiary/aromatic N) is 3. The van der Waals surface area contributed by atoms with Crippen molar-refractivity contribution < 1.29 is 13.2 Å². The Bertz CT molecular complexity index is 851. The van der Waals surface area contributed by atoms with Crippen LogP contribution in [-0.2, 0) is 21.1 Å². The normalized spacial score (nSPS) is 20.5. The van der Waals surface area contributed by atoms with Gasteiger partial charge in [0, 0.05) is 52.0 Å². The molecule has 0 unspecified atom stereocenters. The van der Waals surface area contributed by atoms with Crippen LogP contribution in [0.3, 0.4) is 0 Å². The van der Waals surface area contributed by atoms with E-state index in [2.05, 4.69) is 17.1 Å². The lowest BCUT2D eigenvalue weighted by Crippen LogP contribution is -2.52. The van der Waals surface area contributed by atoms with Crippen molar-refractivity contribution in [1.29, 1.82) is 0 Å². The van der Waals surface area contributed by atoms with E-state index in [1.807, 2.05) is 20.2 Å². The van der Waals surface area contributed by atoms with E-state index in [1.54, 1.807) is 34.2 Å². The fraction of sp³-hybridized carbons (Fsp3) is 0.550. The summed E-state index contributed by atoms with van der Waals surface area (Å²) in [6.07, 6.45) is 4.13. The Morgan fingerprint density at radius 3 is 2.82 bits per heavy atom. The van der Waals surface area contributed by atoms with Gasteiger partial charge in [-0.25, -0.2) is 8.42 Å². The van der Waals surface area contributed by atoms with E-state index >= 15 is 0 Å². The first-order valence-electron chi connectivity index (χ1n) is 9.71. The summed E-state index contributed by atoms with van der Waals surface area (Å²) in [6, 6.07) is 5.54. The summed E-state index contributed by atoms with van der Waals surface area (Å²) in [5, 5.41) is 3.38. The van der Waals surface area contributed by atoms with Gasteiger partial charge in [-0.2, -0.15) is 0 Å². The summed E-state index contributed by atoms with van der Waals surface area (Å²) in [5.41, 5.74) is 1.77. The average molecular weight is 407 g/mol. The molecule has 0 aliphatic carbocycles. The number of nitrogens with one attached hydrogen (secondary N) is 1. The predicted molar refractivity (Wildman–Crippen MR) is 111 cm³/mol. The number of piperazine rings is 1. The zero-order chi connectivity index (χ0) is 20.3. The Morgan fingerprint density at radius 2 is 2.11 bits per heavy atom. The molecule has 1 saturated heterocycles. The molecular formula is C20H30N4O3S. The first-order chi connectivity index (χ1) is 13.3. The standard InChI is InChI=1S/C20H30N4O3S/c1-16-14-23(11-8-21-16)15-20(25)24-10-7-17-5-6-18(13-19(17)24)28(26,27)12-4-9-22(2)3/h4-6,9,13,16,21H,7-8,10-12,14-15H2,1-3H3/t16-/m1/s1. The third-order valence-electron chi connectivity index (χ3n) is 5.14. The number of hydrogen-bond donors (Lipinski definition) is 1. The first-order valence-corrected chi connectivity index (χ1v) is 11.4. The molecule has 154 valence electrons. The molecule has 28 heavy (non-hydrogen) atoms. The van der Waals surface area contributed by atoms with Crippen molar-refractivity contribution in [3.63, 3.8) is 0 Å². The highest BCUT2D eigenvalue weighted by Crippen LogP contribution is 2.31. The lowest BCUT2D eigenvalue weighted by Gasteiger charge is -2.32. The highest BCUT2D eigenvalue weighted by Gasteiger charge is 2.28. The summed E-state index contributed by atoms with van der Waals surface area (Å²) in [5.74, 6) is -0.0220. The number of rotatable bonds is 6. The van der Waals surface area contributed by atoms with E-state index in [0.29, 0.717) is 19.1 Å². The Hall–Kier alpha value is -1.90. The van der Waals surface area contributed by atoms with Crippen LogP contribution in [0.1, 0.15) is 12.5 Å². The molecule has 0 spiro atoms. The third kappa shape index (κ3) is 4.92. The number of anilines is 1. The van der Waals surface area contributed by atoms with Gasteiger partial charge < -0.3 is 15.1 Å². The van der Waals surface area contributed by atoms with Crippen molar-refractivity contribution in [3.05, 3.63) is 36.0 Å². The molecule has 2 heterocycles. The Labute approximate surface area is 167 Å². The minimum atomic E-state index is -3.43. The van der Waals surface area contributed by atoms with Gasteiger partial charge in [-0.15, -0.1) is 0 Å². The van der Waals surface area contributed by atoms with Crippen LogP contribution in [0.4, 0.5) is 5.69 Å². The number of amides is 1. The average Bonchev–Trinajstić information content (AvgIpc) is 3.04. The molecule has 0 bridgehead atoms. The van der Waals surface area contributed by atoms with Crippen LogP contribution in [-0.4, -0.2) is 82.7 Å². The molecule has 2 aliphatic rings. The predicted octanol–water partition coefficient (Wildman–Crippen LogP) is 0.718. The van der Waals surface area contributed by atoms with Crippen molar-refractivity contribution in [2.45, 2.75) is 24.3 Å². The minimum Gasteiger partial charge on any atom is -0.384 e. The maximum atomic E-state index is 12.9. The van der Waals surface area contributed by atoms with Crippen LogP contribution in [0.15, 0.2) is 35.4 Å². The largest absolute Gasteiger partial charge is 0.384 e. The summed E-state index contributed by atoms with van der Waals surface area (Å²) in [4.78, 5) is 18.9. The van der Waals surface area contributed by atoms with E-state index in [4.69, 9.17) is 0 Å². The molecule has 1 aromatic rings. The molecule has 8 heteroatoms. The van der Waals surface area contributed by atoms with Gasteiger partial charge in [0.25, 0.3) is 0 Å². The summed E-state index contributed by atoms with van der Waals surface area (Å²) in [6.45, 7) is 5.67. The van der Waals surface area contributed by atoms with Crippen molar-refractivity contribution in [1.82, 2.24) is 15.1 Å². The first kappa shape index (κ1) is 20.8. The van der Waals surface area contributed by atoms with E-state index in [-0.39, 0.29) is 16.6 Å². The minimum absolute atomic E-state index is 0.0369. The summed E-state index contributed by atoms with van der Waals surface area (Å²) >= 11 is 0. The van der Waals surface area contributed by atoms with Gasteiger partial charge in [-0.05, 0) is 37.2 Å². The topological polar surface area (TPSA) is 73.0 Å². The molecule has 0 radical (unpaired) electrons. The maximum absolute atomic E-state index is 12.9. The number of hydrogen-bond acceptors (Lipinski definition) is 6. The molecule has 1 amide bonds. The highest BCUT2D eigenvalue weighted by molar-refractivity contribution is 7.91. The van der Waals surface area contributed by atoms with Crippen LogP contribution in [0, 0.1) is 0 Å². The van der Waals surface area contributed by atoms with E-state index in [1.165, 1.54) is 0 Å². The number of fused-ring (bicyclic) bond motifs is 1. The Balaban J connectivity index is 1.74. The van der Waals surface area contributed by atoms with Gasteiger partial charge in [0.15, 0.2) is 9.84 Å². The van der Waals surface area contributed by atoms with Crippen LogP contribution >= 0.6 is 0 Å². The quantitative estimate of drug-likeness (QED) is 0.751. The van der Waals surface area contributed by atoms with Gasteiger partial charge >= 0.3 is 0 Å². The number of carbonyl (C=O) groups is 1. The lowest BCUT2D eigenvalue weighted by molar-refractivity contribution is -0.119. The second-order valence-electron chi connectivity index (χ2n) is 7.81. The molecule has 0 saturated carbocycles. The molecule has 1 fully saturated rings. The second kappa shape index (κ2) is 8.63. The van der Waals surface area contributed by atoms with Crippen LogP contribution in [0.25, 0.3) is 0 Å². The van der Waals surface area contributed by atoms with Gasteiger partial charge in [0.1, 0.15) is 0 Å². The van der Waals surface area contributed by atoms with Gasteiger partial charge in [0.05, 0.1) is 17.2 Å². The zero-order valence-electron chi connectivity index (χ0n) is 16.9. The van der Waals surface area contributed by atoms with Crippen LogP contribution in [0.2, 0.25) is 0 Å². The van der Waals surface area contributed by atoms with E-state index in [0.717, 1.165) is 37.3 Å².